The van der Waals surface area contributed by atoms with Crippen LogP contribution in [-0.2, 0) is 0 Å². The Morgan fingerprint density at radius 1 is 1.50 bits per heavy atom. The topological polar surface area (TPSA) is 74.8 Å². The smallest absolute Gasteiger partial charge is 0.305 e. The van der Waals surface area contributed by atoms with Crippen molar-refractivity contribution in [2.24, 2.45) is 0 Å². The molecule has 2 rings (SSSR count). The Morgan fingerprint density at radius 3 is 2.75 bits per heavy atom. The number of aryl methyl sites for hydroxylation is 2. The number of aromatic amines is 1. The normalized spacial score (nSPS) is 10.4. The third-order valence-corrected chi connectivity index (χ3v) is 3.73. The highest BCUT2D eigenvalue weighted by Crippen LogP contribution is 2.17. The highest BCUT2D eigenvalue weighted by atomic mass is 32.1. The molecule has 0 saturated carbocycles. The lowest BCUT2D eigenvalue weighted by Gasteiger charge is -1.98. The minimum Gasteiger partial charge on any atom is -0.316 e. The van der Waals surface area contributed by atoms with Gasteiger partial charge in [-0.25, -0.2) is 4.98 Å². The Labute approximate surface area is 99.2 Å². The number of carbonyl (C=O) groups excluding carboxylic acids is 1. The van der Waals surface area contributed by atoms with Crippen LogP contribution in [0.1, 0.15) is 21.1 Å². The van der Waals surface area contributed by atoms with Gasteiger partial charge in [-0.3, -0.25) is 14.9 Å². The van der Waals surface area contributed by atoms with Crippen LogP contribution in [0, 0.1) is 13.8 Å². The van der Waals surface area contributed by atoms with Gasteiger partial charge in [-0.2, -0.15) is 0 Å². The van der Waals surface area contributed by atoms with E-state index in [-0.39, 0.29) is 10.8 Å². The van der Waals surface area contributed by atoms with Gasteiger partial charge in [0, 0.05) is 11.1 Å². The third kappa shape index (κ3) is 2.20. The summed E-state index contributed by atoms with van der Waals surface area (Å²) in [5.74, 6) is -0.296. The maximum Gasteiger partial charge on any atom is 0.305 e. The maximum absolute atomic E-state index is 11.8. The summed E-state index contributed by atoms with van der Waals surface area (Å²) < 4.78 is 0. The van der Waals surface area contributed by atoms with E-state index in [2.05, 4.69) is 15.3 Å². The zero-order valence-electron chi connectivity index (χ0n) is 8.66. The molecule has 0 bridgehead atoms. The number of nitrogens with one attached hydrogen (secondary N) is 2. The number of H-pyrrole nitrogens is 1. The number of amides is 1. The molecular formula is C9H9N3O2S2. The van der Waals surface area contributed by atoms with Crippen molar-refractivity contribution >= 4 is 33.7 Å². The van der Waals surface area contributed by atoms with Gasteiger partial charge in [0.25, 0.3) is 5.91 Å². The zero-order chi connectivity index (χ0) is 11.7. The van der Waals surface area contributed by atoms with E-state index in [9.17, 15) is 9.59 Å². The number of thiazole rings is 2. The van der Waals surface area contributed by atoms with Crippen molar-refractivity contribution < 1.29 is 4.79 Å². The molecule has 0 aliphatic rings. The Balaban J connectivity index is 2.20. The Bertz CT molecular complexity index is 582. The summed E-state index contributed by atoms with van der Waals surface area (Å²) in [6.07, 6.45) is 0. The predicted octanol–water partition coefficient (Wildman–Crippen LogP) is 1.76. The average molecular weight is 255 g/mol. The van der Waals surface area contributed by atoms with Crippen LogP contribution in [-0.4, -0.2) is 15.9 Å². The SMILES string of the molecule is Cc1csc(NC(=O)c2sc(=O)[nH]c2C)n1. The number of nitrogens with zero attached hydrogens (tertiary/aromatic N) is 1. The van der Waals surface area contributed by atoms with E-state index < -0.39 is 0 Å². The zero-order valence-corrected chi connectivity index (χ0v) is 10.3. The lowest BCUT2D eigenvalue weighted by molar-refractivity contribution is 0.103. The van der Waals surface area contributed by atoms with Crippen LogP contribution in [0.3, 0.4) is 0 Å². The molecule has 2 N–H and O–H groups in total. The molecule has 5 nitrogen and oxygen atoms in total. The van der Waals surface area contributed by atoms with Gasteiger partial charge in [-0.1, -0.05) is 11.3 Å². The van der Waals surface area contributed by atoms with Gasteiger partial charge < -0.3 is 4.98 Å². The predicted molar refractivity (Wildman–Crippen MR) is 64.5 cm³/mol. The number of hydrogen-bond acceptors (Lipinski definition) is 5. The summed E-state index contributed by atoms with van der Waals surface area (Å²) in [6, 6.07) is 0. The molecule has 2 aromatic rings. The van der Waals surface area contributed by atoms with Crippen LogP contribution in [0.5, 0.6) is 0 Å². The number of hydrogen-bond donors (Lipinski definition) is 2. The van der Waals surface area contributed by atoms with E-state index >= 15 is 0 Å². The van der Waals surface area contributed by atoms with Gasteiger partial charge in [0.1, 0.15) is 4.88 Å². The Hall–Kier alpha value is -1.47. The monoisotopic (exact) mass is 255 g/mol. The van der Waals surface area contributed by atoms with Gasteiger partial charge in [0.2, 0.25) is 0 Å². The molecule has 0 atom stereocenters. The third-order valence-electron chi connectivity index (χ3n) is 1.87. The first-order chi connectivity index (χ1) is 7.56. The van der Waals surface area contributed by atoms with Gasteiger partial charge in [-0.15, -0.1) is 11.3 Å². The van der Waals surface area contributed by atoms with Crippen molar-refractivity contribution in [3.05, 3.63) is 31.3 Å². The first-order valence-corrected chi connectivity index (χ1v) is 6.19. The van der Waals surface area contributed by atoms with Gasteiger partial charge in [-0.05, 0) is 13.8 Å². The van der Waals surface area contributed by atoms with E-state index in [4.69, 9.17) is 0 Å². The van der Waals surface area contributed by atoms with Gasteiger partial charge >= 0.3 is 4.87 Å². The van der Waals surface area contributed by atoms with Crippen LogP contribution in [0.15, 0.2) is 10.2 Å². The lowest BCUT2D eigenvalue weighted by atomic mass is 10.4. The minimum absolute atomic E-state index is 0.224. The van der Waals surface area contributed by atoms with E-state index in [1.807, 2.05) is 12.3 Å². The van der Waals surface area contributed by atoms with Crippen LogP contribution in [0.4, 0.5) is 5.13 Å². The fraction of sp³-hybridized carbons (Fsp3) is 0.222. The summed E-state index contributed by atoms with van der Waals surface area (Å²) in [5, 5.41) is 5.05. The fourth-order valence-electron chi connectivity index (χ4n) is 1.19. The molecule has 0 aliphatic heterocycles. The first-order valence-electron chi connectivity index (χ1n) is 4.49. The van der Waals surface area contributed by atoms with Crippen molar-refractivity contribution in [1.82, 2.24) is 9.97 Å². The summed E-state index contributed by atoms with van der Waals surface area (Å²) in [4.78, 5) is 29.7. The molecule has 0 radical (unpaired) electrons. The number of carbonyl (C=O) groups is 1. The van der Waals surface area contributed by atoms with Crippen LogP contribution in [0.2, 0.25) is 0 Å². The molecule has 0 saturated heterocycles. The summed E-state index contributed by atoms with van der Waals surface area (Å²) in [5.41, 5.74) is 1.44. The molecular weight excluding hydrogens is 246 g/mol. The van der Waals surface area contributed by atoms with Crippen LogP contribution in [0.25, 0.3) is 0 Å². The average Bonchev–Trinajstić information content (AvgIpc) is 2.73. The molecule has 1 amide bonds. The number of aromatic nitrogens is 2. The molecule has 0 aromatic carbocycles. The van der Waals surface area contributed by atoms with Crippen molar-refractivity contribution in [2.75, 3.05) is 5.32 Å². The summed E-state index contributed by atoms with van der Waals surface area (Å²) in [6.45, 7) is 3.55. The molecule has 16 heavy (non-hydrogen) atoms. The second kappa shape index (κ2) is 4.18. The molecule has 0 unspecified atom stereocenters. The molecule has 0 fully saturated rings. The Kier molecular flexibility index (Phi) is 2.88. The van der Waals surface area contributed by atoms with Gasteiger partial charge in [0.15, 0.2) is 5.13 Å². The summed E-state index contributed by atoms with van der Waals surface area (Å²) >= 11 is 2.26. The van der Waals surface area contributed by atoms with Gasteiger partial charge in [0.05, 0.1) is 5.69 Å². The fourth-order valence-corrected chi connectivity index (χ4v) is 2.61. The van der Waals surface area contributed by atoms with Crippen molar-refractivity contribution in [2.45, 2.75) is 13.8 Å². The molecule has 2 aromatic heterocycles. The van der Waals surface area contributed by atoms with Crippen LogP contribution >= 0.6 is 22.7 Å². The molecule has 0 aliphatic carbocycles. The molecule has 84 valence electrons. The van der Waals surface area contributed by atoms with Crippen molar-refractivity contribution in [1.29, 1.82) is 0 Å². The maximum atomic E-state index is 11.8. The summed E-state index contributed by atoms with van der Waals surface area (Å²) in [7, 11) is 0. The quantitative estimate of drug-likeness (QED) is 0.858. The highest BCUT2D eigenvalue weighted by molar-refractivity contribution is 7.14. The largest absolute Gasteiger partial charge is 0.316 e. The van der Waals surface area contributed by atoms with Crippen molar-refractivity contribution in [3.63, 3.8) is 0 Å². The minimum atomic E-state index is -0.296. The lowest BCUT2D eigenvalue weighted by Crippen LogP contribution is -2.11. The number of anilines is 1. The standard InChI is InChI=1S/C9H9N3O2S2/c1-4-3-15-8(10-4)12-7(13)6-5(2)11-9(14)16-6/h3H,1-2H3,(H,11,14)(H,10,12,13). The Morgan fingerprint density at radius 2 is 2.25 bits per heavy atom. The van der Waals surface area contributed by atoms with Crippen molar-refractivity contribution in [3.8, 4) is 0 Å². The van der Waals surface area contributed by atoms with E-state index in [0.29, 0.717) is 15.7 Å². The van der Waals surface area contributed by atoms with Crippen LogP contribution < -0.4 is 10.2 Å². The first kappa shape index (κ1) is 11.0. The molecule has 2 heterocycles. The highest BCUT2D eigenvalue weighted by Gasteiger charge is 2.14. The molecule has 0 spiro atoms. The second-order valence-electron chi connectivity index (χ2n) is 3.22. The van der Waals surface area contributed by atoms with E-state index in [0.717, 1.165) is 17.0 Å². The number of rotatable bonds is 2. The van der Waals surface area contributed by atoms with E-state index in [1.54, 1.807) is 6.92 Å². The second-order valence-corrected chi connectivity index (χ2v) is 5.06. The van der Waals surface area contributed by atoms with E-state index in [1.165, 1.54) is 11.3 Å². The molecule has 7 heteroatoms.